The molecule has 0 radical (unpaired) electrons. The molecule has 0 saturated carbocycles. The third-order valence-electron chi connectivity index (χ3n) is 2.83. The van der Waals surface area contributed by atoms with Crippen LogP contribution in [0.15, 0.2) is 60.8 Å². The quantitative estimate of drug-likeness (QED) is 0.874. The molecule has 0 atom stereocenters. The molecule has 0 unspecified atom stereocenters. The summed E-state index contributed by atoms with van der Waals surface area (Å²) >= 11 is 0. The first-order valence-electron chi connectivity index (χ1n) is 6.55. The van der Waals surface area contributed by atoms with Crippen molar-refractivity contribution in [3.63, 3.8) is 0 Å². The molecule has 0 aliphatic carbocycles. The standard InChI is InChI=1S/C17H18N2O/c1-14-6-5-9-16(12-14)13-19-17(20)18-11-10-15-7-3-2-4-8-15/h2-12H,13H2,1H3,(H2,18,19,20)/b11-10+. The molecule has 0 saturated heterocycles. The van der Waals surface area contributed by atoms with E-state index in [1.165, 1.54) is 5.56 Å². The van der Waals surface area contributed by atoms with Gasteiger partial charge in [0.25, 0.3) is 0 Å². The highest BCUT2D eigenvalue weighted by molar-refractivity contribution is 5.75. The van der Waals surface area contributed by atoms with Crippen LogP contribution in [0.2, 0.25) is 0 Å². The van der Waals surface area contributed by atoms with Crippen LogP contribution in [0.4, 0.5) is 4.79 Å². The number of amides is 2. The van der Waals surface area contributed by atoms with Gasteiger partial charge in [0.15, 0.2) is 0 Å². The van der Waals surface area contributed by atoms with Crippen LogP contribution in [0.25, 0.3) is 6.08 Å². The van der Waals surface area contributed by atoms with Crippen LogP contribution in [0.1, 0.15) is 16.7 Å². The van der Waals surface area contributed by atoms with Gasteiger partial charge in [-0.25, -0.2) is 4.79 Å². The Morgan fingerprint density at radius 3 is 2.65 bits per heavy atom. The summed E-state index contributed by atoms with van der Waals surface area (Å²) in [7, 11) is 0. The summed E-state index contributed by atoms with van der Waals surface area (Å²) in [5, 5.41) is 5.50. The maximum Gasteiger partial charge on any atom is 0.319 e. The summed E-state index contributed by atoms with van der Waals surface area (Å²) < 4.78 is 0. The highest BCUT2D eigenvalue weighted by atomic mass is 16.2. The lowest BCUT2D eigenvalue weighted by atomic mass is 10.1. The van der Waals surface area contributed by atoms with Gasteiger partial charge < -0.3 is 10.6 Å². The van der Waals surface area contributed by atoms with Crippen LogP contribution in [0.5, 0.6) is 0 Å². The molecule has 2 aromatic carbocycles. The van der Waals surface area contributed by atoms with E-state index >= 15 is 0 Å². The van der Waals surface area contributed by atoms with E-state index in [1.807, 2.05) is 61.5 Å². The third-order valence-corrected chi connectivity index (χ3v) is 2.83. The number of aryl methyl sites for hydroxylation is 1. The zero-order valence-corrected chi connectivity index (χ0v) is 11.5. The molecule has 0 bridgehead atoms. The fourth-order valence-corrected chi connectivity index (χ4v) is 1.83. The molecule has 0 aliphatic heterocycles. The van der Waals surface area contributed by atoms with Gasteiger partial charge in [0.2, 0.25) is 0 Å². The second kappa shape index (κ2) is 7.14. The Bertz CT molecular complexity index is 591. The molecule has 0 heterocycles. The largest absolute Gasteiger partial charge is 0.334 e. The van der Waals surface area contributed by atoms with Crippen LogP contribution < -0.4 is 10.6 Å². The van der Waals surface area contributed by atoms with E-state index < -0.39 is 0 Å². The van der Waals surface area contributed by atoms with Gasteiger partial charge in [0, 0.05) is 12.7 Å². The first-order valence-corrected chi connectivity index (χ1v) is 6.55. The topological polar surface area (TPSA) is 41.1 Å². The highest BCUT2D eigenvalue weighted by Crippen LogP contribution is 2.03. The van der Waals surface area contributed by atoms with Gasteiger partial charge in [-0.3, -0.25) is 0 Å². The molecule has 2 amide bonds. The van der Waals surface area contributed by atoms with Crippen molar-refractivity contribution in [2.24, 2.45) is 0 Å². The van der Waals surface area contributed by atoms with Crippen molar-refractivity contribution in [2.45, 2.75) is 13.5 Å². The number of rotatable bonds is 4. The molecule has 102 valence electrons. The lowest BCUT2D eigenvalue weighted by molar-refractivity contribution is 0.244. The first kappa shape index (κ1) is 13.9. The van der Waals surface area contributed by atoms with Crippen molar-refractivity contribution in [2.75, 3.05) is 0 Å². The van der Waals surface area contributed by atoms with Gasteiger partial charge in [-0.05, 0) is 24.1 Å². The molecular weight excluding hydrogens is 248 g/mol. The van der Waals surface area contributed by atoms with Gasteiger partial charge in [0.1, 0.15) is 0 Å². The summed E-state index contributed by atoms with van der Waals surface area (Å²) in [6.07, 6.45) is 3.49. The lowest BCUT2D eigenvalue weighted by Gasteiger charge is -2.05. The monoisotopic (exact) mass is 266 g/mol. The maximum atomic E-state index is 11.6. The number of hydrogen-bond acceptors (Lipinski definition) is 1. The van der Waals surface area contributed by atoms with Crippen molar-refractivity contribution < 1.29 is 4.79 Å². The van der Waals surface area contributed by atoms with E-state index in [4.69, 9.17) is 0 Å². The fraction of sp³-hybridized carbons (Fsp3) is 0.118. The third kappa shape index (κ3) is 4.61. The van der Waals surface area contributed by atoms with Crippen LogP contribution >= 0.6 is 0 Å². The molecule has 2 rings (SSSR count). The first-order chi connectivity index (χ1) is 9.74. The number of carbonyl (C=O) groups is 1. The van der Waals surface area contributed by atoms with E-state index in [0.717, 1.165) is 11.1 Å². The smallest absolute Gasteiger partial charge is 0.319 e. The summed E-state index contributed by atoms with van der Waals surface area (Å²) in [4.78, 5) is 11.6. The molecule has 3 heteroatoms. The summed E-state index contributed by atoms with van der Waals surface area (Å²) in [5.41, 5.74) is 3.33. The Balaban J connectivity index is 1.77. The van der Waals surface area contributed by atoms with E-state index in [9.17, 15) is 4.79 Å². The maximum absolute atomic E-state index is 11.6. The Morgan fingerprint density at radius 1 is 1.10 bits per heavy atom. The van der Waals surface area contributed by atoms with Crippen LogP contribution in [-0.4, -0.2) is 6.03 Å². The summed E-state index contributed by atoms with van der Waals surface area (Å²) in [6.45, 7) is 2.55. The van der Waals surface area contributed by atoms with Crippen LogP contribution in [-0.2, 0) is 6.54 Å². The summed E-state index contributed by atoms with van der Waals surface area (Å²) in [6, 6.07) is 17.7. The second-order valence-electron chi connectivity index (χ2n) is 4.56. The van der Waals surface area contributed by atoms with Crippen molar-refractivity contribution in [3.8, 4) is 0 Å². The minimum absolute atomic E-state index is 0.210. The van der Waals surface area contributed by atoms with Crippen LogP contribution in [0, 0.1) is 6.92 Å². The fourth-order valence-electron chi connectivity index (χ4n) is 1.83. The van der Waals surface area contributed by atoms with Crippen molar-refractivity contribution in [1.82, 2.24) is 10.6 Å². The number of hydrogen-bond donors (Lipinski definition) is 2. The Labute approximate surface area is 119 Å². The molecule has 3 nitrogen and oxygen atoms in total. The molecular formula is C17H18N2O. The average molecular weight is 266 g/mol. The van der Waals surface area contributed by atoms with Crippen molar-refractivity contribution in [3.05, 3.63) is 77.5 Å². The molecule has 0 spiro atoms. The number of carbonyl (C=O) groups excluding carboxylic acids is 1. The molecule has 0 aromatic heterocycles. The van der Waals surface area contributed by atoms with E-state index in [-0.39, 0.29) is 6.03 Å². The zero-order valence-electron chi connectivity index (χ0n) is 11.5. The lowest BCUT2D eigenvalue weighted by Crippen LogP contribution is -2.31. The normalized spacial score (nSPS) is 10.4. The SMILES string of the molecule is Cc1cccc(CNC(=O)N/C=C/c2ccccc2)c1. The average Bonchev–Trinajstić information content (AvgIpc) is 2.46. The van der Waals surface area contributed by atoms with E-state index in [2.05, 4.69) is 16.7 Å². The van der Waals surface area contributed by atoms with Gasteiger partial charge in [-0.15, -0.1) is 0 Å². The molecule has 0 aliphatic rings. The van der Waals surface area contributed by atoms with Gasteiger partial charge in [-0.2, -0.15) is 0 Å². The van der Waals surface area contributed by atoms with Crippen molar-refractivity contribution in [1.29, 1.82) is 0 Å². The molecule has 2 aromatic rings. The predicted molar refractivity (Wildman–Crippen MR) is 82.0 cm³/mol. The Kier molecular flexibility index (Phi) is 4.95. The van der Waals surface area contributed by atoms with Crippen LogP contribution in [0.3, 0.4) is 0 Å². The molecule has 2 N–H and O–H groups in total. The minimum Gasteiger partial charge on any atom is -0.334 e. The highest BCUT2D eigenvalue weighted by Gasteiger charge is 1.97. The summed E-state index contributed by atoms with van der Waals surface area (Å²) in [5.74, 6) is 0. The Morgan fingerprint density at radius 2 is 1.90 bits per heavy atom. The van der Waals surface area contributed by atoms with Gasteiger partial charge in [-0.1, -0.05) is 60.2 Å². The molecule has 20 heavy (non-hydrogen) atoms. The molecule has 0 fully saturated rings. The number of nitrogens with one attached hydrogen (secondary N) is 2. The Hall–Kier alpha value is -2.55. The number of urea groups is 1. The van der Waals surface area contributed by atoms with Gasteiger partial charge in [0.05, 0.1) is 0 Å². The van der Waals surface area contributed by atoms with Gasteiger partial charge >= 0.3 is 6.03 Å². The van der Waals surface area contributed by atoms with E-state index in [0.29, 0.717) is 6.54 Å². The number of benzene rings is 2. The van der Waals surface area contributed by atoms with E-state index in [1.54, 1.807) is 6.20 Å². The second-order valence-corrected chi connectivity index (χ2v) is 4.56. The predicted octanol–water partition coefficient (Wildman–Crippen LogP) is 3.47. The minimum atomic E-state index is -0.210. The zero-order chi connectivity index (χ0) is 14.2. The van der Waals surface area contributed by atoms with Crippen molar-refractivity contribution >= 4 is 12.1 Å².